The second kappa shape index (κ2) is 8.63. The second-order valence-corrected chi connectivity index (χ2v) is 5.98. The van der Waals surface area contributed by atoms with E-state index in [9.17, 15) is 22.4 Å². The highest BCUT2D eigenvalue weighted by Gasteiger charge is 2.38. The first-order valence-corrected chi connectivity index (χ1v) is 9.30. The van der Waals surface area contributed by atoms with Crippen molar-refractivity contribution in [1.29, 1.82) is 0 Å². The Hall–Kier alpha value is -0.750. The maximum atomic E-state index is 13.0. The summed E-state index contributed by atoms with van der Waals surface area (Å²) in [6.45, 7) is 0. The fourth-order valence-electron chi connectivity index (χ4n) is 1.81. The van der Waals surface area contributed by atoms with Crippen molar-refractivity contribution >= 4 is 36.4 Å². The van der Waals surface area contributed by atoms with Gasteiger partial charge in [0.15, 0.2) is 0 Å². The molecule has 7 heteroatoms. The van der Waals surface area contributed by atoms with Gasteiger partial charge in [0.2, 0.25) is 0 Å². The molecule has 1 nitrogen and oxygen atoms in total. The van der Waals surface area contributed by atoms with Gasteiger partial charge in [0.05, 0.1) is 5.92 Å². The molecule has 0 bridgehead atoms. The zero-order valence-corrected chi connectivity index (χ0v) is 13.7. The predicted molar refractivity (Wildman–Crippen MR) is 83.7 cm³/mol. The van der Waals surface area contributed by atoms with Crippen LogP contribution in [-0.4, -0.2) is 12.5 Å². The number of benzene rings is 1. The molecule has 0 N–H and O–H groups in total. The summed E-state index contributed by atoms with van der Waals surface area (Å²) in [4.78, 5) is 10.8. The molecule has 0 spiro atoms. The van der Waals surface area contributed by atoms with Crippen LogP contribution in [0.15, 0.2) is 18.2 Å². The highest BCUT2D eigenvalue weighted by molar-refractivity contribution is 14.2. The lowest BCUT2D eigenvalue weighted by Crippen LogP contribution is -2.23. The first-order chi connectivity index (χ1) is 9.88. The van der Waals surface area contributed by atoms with Gasteiger partial charge in [-0.05, 0) is 44.7 Å². The van der Waals surface area contributed by atoms with E-state index in [4.69, 9.17) is 0 Å². The largest absolute Gasteiger partial charge is 0.392 e. The lowest BCUT2D eigenvalue weighted by atomic mass is 9.94. The average Bonchev–Trinajstić information content (AvgIpc) is 2.42. The van der Waals surface area contributed by atoms with Gasteiger partial charge in [-0.1, -0.05) is 12.0 Å². The second-order valence-electron chi connectivity index (χ2n) is 4.30. The molecule has 0 fully saturated rings. The Morgan fingerprint density at radius 2 is 2.10 bits per heavy atom. The van der Waals surface area contributed by atoms with Crippen LogP contribution in [0.5, 0.6) is 0 Å². The molecule has 0 aliphatic heterocycles. The third kappa shape index (κ3) is 6.26. The third-order valence-corrected chi connectivity index (χ3v) is 3.80. The molecule has 0 amide bonds. The molecule has 0 saturated carbocycles. The first-order valence-electron chi connectivity index (χ1n) is 5.94. The van der Waals surface area contributed by atoms with E-state index in [0.29, 0.717) is 11.8 Å². The topological polar surface area (TPSA) is 17.1 Å². The summed E-state index contributed by atoms with van der Waals surface area (Å²) in [6, 6.07) is 3.51. The molecule has 1 atom stereocenters. The minimum atomic E-state index is -4.34. The molecule has 1 aromatic rings. The van der Waals surface area contributed by atoms with Crippen LogP contribution >= 0.6 is 30.1 Å². The third-order valence-electron chi connectivity index (χ3n) is 2.92. The Kier molecular flexibility index (Phi) is 7.52. The van der Waals surface area contributed by atoms with E-state index < -0.39 is 17.9 Å². The number of halogens is 5. The minimum absolute atomic E-state index is 0.0532. The minimum Gasteiger partial charge on any atom is -0.298 e. The summed E-state index contributed by atoms with van der Waals surface area (Å²) in [5.74, 6) is 0.329. The highest BCUT2D eigenvalue weighted by Crippen LogP contribution is 2.32. The van der Waals surface area contributed by atoms with Gasteiger partial charge in [0, 0.05) is 33.2 Å². The summed E-state index contributed by atoms with van der Waals surface area (Å²) >= 11 is 1.89. The van der Waals surface area contributed by atoms with Gasteiger partial charge in [-0.3, -0.25) is 4.79 Å². The van der Waals surface area contributed by atoms with Crippen molar-refractivity contribution in [3.8, 4) is 11.2 Å². The van der Waals surface area contributed by atoms with Gasteiger partial charge < -0.3 is 0 Å². The van der Waals surface area contributed by atoms with Gasteiger partial charge in [-0.2, -0.15) is 13.2 Å². The number of carbonyl (C=O) groups is 1. The number of aldehydes is 1. The number of alkyl halides is 3. The van der Waals surface area contributed by atoms with Crippen molar-refractivity contribution in [2.75, 3.05) is 0 Å². The fraction of sp³-hybridized carbons (Fsp3) is 0.357. The van der Waals surface area contributed by atoms with Crippen molar-refractivity contribution in [2.24, 2.45) is 5.92 Å². The monoisotopic (exact) mass is 430 g/mol. The van der Waals surface area contributed by atoms with E-state index in [2.05, 4.69) is 11.2 Å². The smallest absolute Gasteiger partial charge is 0.298 e. The molecule has 21 heavy (non-hydrogen) atoms. The Bertz CT molecular complexity index is 548. The molecule has 1 aromatic carbocycles. The summed E-state index contributed by atoms with van der Waals surface area (Å²) in [5.41, 5.74) is 0.502. The number of hydrogen-bond donors (Lipinski definition) is 0. The van der Waals surface area contributed by atoms with E-state index >= 15 is 0 Å². The van der Waals surface area contributed by atoms with Gasteiger partial charge in [0.1, 0.15) is 12.1 Å². The predicted octanol–water partition coefficient (Wildman–Crippen LogP) is 5.18. The van der Waals surface area contributed by atoms with Crippen LogP contribution in [0, 0.1) is 22.9 Å². The average molecular weight is 430 g/mol. The van der Waals surface area contributed by atoms with Crippen LogP contribution in [0.4, 0.5) is 17.6 Å². The highest BCUT2D eigenvalue weighted by atomic mass is 127. The van der Waals surface area contributed by atoms with Crippen molar-refractivity contribution in [1.82, 2.24) is 0 Å². The van der Waals surface area contributed by atoms with E-state index in [1.165, 1.54) is 6.07 Å². The Labute approximate surface area is 136 Å². The number of aryl methyl sites for hydroxylation is 1. The van der Waals surface area contributed by atoms with Crippen LogP contribution in [0.1, 0.15) is 28.8 Å². The molecule has 0 unspecified atom stereocenters. The van der Waals surface area contributed by atoms with Crippen LogP contribution < -0.4 is 0 Å². The zero-order valence-electron chi connectivity index (χ0n) is 10.7. The van der Waals surface area contributed by atoms with E-state index in [1.54, 1.807) is 0 Å². The summed E-state index contributed by atoms with van der Waals surface area (Å²) in [5, 5.41) is 2.53. The number of rotatable bonds is 5. The zero-order chi connectivity index (χ0) is 15.9. The first kappa shape index (κ1) is 18.3. The fourth-order valence-corrected chi connectivity index (χ4v) is 2.41. The molecule has 0 aliphatic carbocycles. The van der Waals surface area contributed by atoms with Crippen LogP contribution in [0.3, 0.4) is 0 Å². The van der Waals surface area contributed by atoms with Crippen molar-refractivity contribution in [3.63, 3.8) is 0 Å². The quantitative estimate of drug-likeness (QED) is 0.277. The lowest BCUT2D eigenvalue weighted by Gasteiger charge is -2.18. The van der Waals surface area contributed by atoms with E-state index in [-0.39, 0.29) is 24.8 Å². The van der Waals surface area contributed by atoms with Crippen molar-refractivity contribution in [3.05, 3.63) is 35.1 Å². The molecule has 0 radical (unpaired) electrons. The molecule has 0 saturated heterocycles. The van der Waals surface area contributed by atoms with Gasteiger partial charge in [-0.15, -0.1) is 0 Å². The molecule has 0 aliphatic rings. The SMILES string of the molecule is O=Cc1cc(F)ccc1CC[C@H](CC#CSI)C(F)(F)F. The van der Waals surface area contributed by atoms with Crippen molar-refractivity contribution in [2.45, 2.75) is 25.4 Å². The summed E-state index contributed by atoms with van der Waals surface area (Å²) < 4.78 is 51.6. The molecular formula is C14H11F4IOS. The van der Waals surface area contributed by atoms with Crippen LogP contribution in [-0.2, 0) is 6.42 Å². The molecule has 1 rings (SSSR count). The Morgan fingerprint density at radius 1 is 1.38 bits per heavy atom. The molecule has 0 aromatic heterocycles. The van der Waals surface area contributed by atoms with Gasteiger partial charge in [0.25, 0.3) is 0 Å². The van der Waals surface area contributed by atoms with Crippen molar-refractivity contribution < 1.29 is 22.4 Å². The normalized spacial score (nSPS) is 12.4. The maximum absolute atomic E-state index is 13.0. The summed E-state index contributed by atoms with van der Waals surface area (Å²) in [6.07, 6.45) is -4.30. The standard InChI is InChI=1S/C14H11F4IOS/c15-13-6-4-10(11(8-13)9-20)3-5-12(14(16,17)18)2-1-7-21-19/h4,6,8-9,12H,2-3,5H2/t12-/m0/s1. The van der Waals surface area contributed by atoms with E-state index in [0.717, 1.165) is 21.1 Å². The number of carbonyl (C=O) groups excluding carboxylic acids is 1. The molecule has 114 valence electrons. The lowest BCUT2D eigenvalue weighted by molar-refractivity contribution is -0.174. The maximum Gasteiger partial charge on any atom is 0.392 e. The van der Waals surface area contributed by atoms with Gasteiger partial charge in [-0.25, -0.2) is 4.39 Å². The van der Waals surface area contributed by atoms with Crippen LogP contribution in [0.25, 0.3) is 0 Å². The Balaban J connectivity index is 2.79. The Morgan fingerprint density at radius 3 is 2.67 bits per heavy atom. The van der Waals surface area contributed by atoms with Gasteiger partial charge >= 0.3 is 6.18 Å². The van der Waals surface area contributed by atoms with Crippen LogP contribution in [0.2, 0.25) is 0 Å². The molecule has 0 heterocycles. The van der Waals surface area contributed by atoms with E-state index in [1.807, 2.05) is 21.2 Å². The molecular weight excluding hydrogens is 419 g/mol. The summed E-state index contributed by atoms with van der Waals surface area (Å²) in [7, 11) is 1.13. The number of hydrogen-bond acceptors (Lipinski definition) is 2.